The van der Waals surface area contributed by atoms with Gasteiger partial charge in [-0.25, -0.2) is 0 Å². The van der Waals surface area contributed by atoms with Crippen LogP contribution in [0.25, 0.3) is 0 Å². The molecule has 2 N–H and O–H groups in total. The predicted molar refractivity (Wildman–Crippen MR) is 77.3 cm³/mol. The quantitative estimate of drug-likeness (QED) is 0.673. The first-order valence-corrected chi connectivity index (χ1v) is 6.76. The van der Waals surface area contributed by atoms with Crippen LogP contribution in [-0.4, -0.2) is 5.78 Å². The number of nitrogen functional groups attached to an aromatic ring is 1. The second-order valence-corrected chi connectivity index (χ2v) is 6.09. The van der Waals surface area contributed by atoms with E-state index in [-0.39, 0.29) is 5.78 Å². The van der Waals surface area contributed by atoms with Gasteiger partial charge in [0.25, 0.3) is 0 Å². The van der Waals surface area contributed by atoms with E-state index in [1.165, 1.54) is 0 Å². The molecule has 3 heteroatoms. The van der Waals surface area contributed by atoms with Crippen molar-refractivity contribution in [3.05, 3.63) is 51.7 Å². The summed E-state index contributed by atoms with van der Waals surface area (Å²) in [6.45, 7) is 5.90. The van der Waals surface area contributed by atoms with E-state index in [4.69, 9.17) is 5.73 Å². The molecule has 18 heavy (non-hydrogen) atoms. The summed E-state index contributed by atoms with van der Waals surface area (Å²) in [5, 5.41) is 1.96. The number of rotatable bonds is 3. The van der Waals surface area contributed by atoms with Crippen molar-refractivity contribution in [3.63, 3.8) is 0 Å². The maximum atomic E-state index is 12.6. The van der Waals surface area contributed by atoms with Gasteiger partial charge < -0.3 is 5.73 Å². The number of carbonyl (C=O) groups excluding carboxylic acids is 1. The topological polar surface area (TPSA) is 43.1 Å². The van der Waals surface area contributed by atoms with Crippen LogP contribution in [0.1, 0.15) is 34.6 Å². The Labute approximate surface area is 111 Å². The lowest BCUT2D eigenvalue weighted by Gasteiger charge is -2.23. The molecule has 2 nitrogen and oxygen atoms in total. The van der Waals surface area contributed by atoms with E-state index in [9.17, 15) is 4.79 Å². The Kier molecular flexibility index (Phi) is 3.26. The van der Waals surface area contributed by atoms with Crippen molar-refractivity contribution in [1.82, 2.24) is 0 Å². The minimum absolute atomic E-state index is 0.158. The summed E-state index contributed by atoms with van der Waals surface area (Å²) in [7, 11) is 0. The first kappa shape index (κ1) is 12.8. The molecule has 0 atom stereocenters. The maximum Gasteiger partial charge on any atom is 0.173 e. The van der Waals surface area contributed by atoms with E-state index in [2.05, 4.69) is 0 Å². The average Bonchev–Trinajstić information content (AvgIpc) is 2.75. The number of benzene rings is 1. The van der Waals surface area contributed by atoms with E-state index in [0.29, 0.717) is 5.69 Å². The summed E-state index contributed by atoms with van der Waals surface area (Å²) in [6, 6.07) is 9.43. The number of ketones is 1. The van der Waals surface area contributed by atoms with E-state index in [1.54, 1.807) is 11.3 Å². The molecule has 0 bridgehead atoms. The molecule has 0 unspecified atom stereocenters. The third-order valence-electron chi connectivity index (χ3n) is 3.30. The predicted octanol–water partition coefficient (Wildman–Crippen LogP) is 3.80. The fourth-order valence-electron chi connectivity index (χ4n) is 1.99. The molecule has 0 amide bonds. The molecule has 0 aliphatic carbocycles. The Balaban J connectivity index is 2.39. The van der Waals surface area contributed by atoms with Crippen LogP contribution >= 0.6 is 11.3 Å². The second kappa shape index (κ2) is 4.58. The molecule has 0 fully saturated rings. The van der Waals surface area contributed by atoms with Crippen LogP contribution in [0.2, 0.25) is 0 Å². The molecule has 0 saturated carbocycles. The summed E-state index contributed by atoms with van der Waals surface area (Å²) < 4.78 is 0. The molecule has 1 aromatic heterocycles. The Morgan fingerprint density at radius 2 is 1.78 bits per heavy atom. The smallest absolute Gasteiger partial charge is 0.173 e. The van der Waals surface area contributed by atoms with Crippen LogP contribution in [0.15, 0.2) is 35.7 Å². The van der Waals surface area contributed by atoms with Crippen molar-refractivity contribution in [2.45, 2.75) is 26.2 Å². The SMILES string of the molecule is Cc1sccc1C(=O)C(C)(C)c1ccc(N)cc1. The highest BCUT2D eigenvalue weighted by Gasteiger charge is 2.31. The van der Waals surface area contributed by atoms with Gasteiger partial charge in [-0.15, -0.1) is 11.3 Å². The van der Waals surface area contributed by atoms with Crippen molar-refractivity contribution in [2.75, 3.05) is 5.73 Å². The van der Waals surface area contributed by atoms with Gasteiger partial charge in [-0.3, -0.25) is 4.79 Å². The highest BCUT2D eigenvalue weighted by molar-refractivity contribution is 7.10. The number of hydrogen-bond acceptors (Lipinski definition) is 3. The van der Waals surface area contributed by atoms with Crippen molar-refractivity contribution >= 4 is 22.8 Å². The van der Waals surface area contributed by atoms with Gasteiger partial charge in [0.2, 0.25) is 0 Å². The molecule has 0 saturated heterocycles. The van der Waals surface area contributed by atoms with Gasteiger partial charge in [-0.2, -0.15) is 0 Å². The van der Waals surface area contributed by atoms with Gasteiger partial charge in [0.15, 0.2) is 5.78 Å². The third kappa shape index (κ3) is 2.18. The maximum absolute atomic E-state index is 12.6. The van der Waals surface area contributed by atoms with Gasteiger partial charge in [-0.05, 0) is 49.9 Å². The Bertz CT molecular complexity index is 566. The summed E-state index contributed by atoms with van der Waals surface area (Å²) in [5.74, 6) is 0.158. The standard InChI is InChI=1S/C15H17NOS/c1-10-13(8-9-18-10)14(17)15(2,3)11-4-6-12(16)7-5-11/h4-9H,16H2,1-3H3. The van der Waals surface area contributed by atoms with E-state index in [0.717, 1.165) is 16.0 Å². The third-order valence-corrected chi connectivity index (χ3v) is 4.15. The first-order chi connectivity index (χ1) is 8.43. The molecule has 0 spiro atoms. The molecule has 0 aliphatic rings. The molecule has 1 aromatic carbocycles. The molecular weight excluding hydrogens is 242 g/mol. The van der Waals surface area contributed by atoms with Crippen LogP contribution in [0.4, 0.5) is 5.69 Å². The van der Waals surface area contributed by atoms with Crippen molar-refractivity contribution < 1.29 is 4.79 Å². The lowest BCUT2D eigenvalue weighted by Crippen LogP contribution is -2.29. The minimum Gasteiger partial charge on any atom is -0.399 e. The van der Waals surface area contributed by atoms with Gasteiger partial charge >= 0.3 is 0 Å². The van der Waals surface area contributed by atoms with Crippen LogP contribution in [0, 0.1) is 6.92 Å². The lowest BCUT2D eigenvalue weighted by atomic mass is 9.78. The molecule has 0 radical (unpaired) electrons. The minimum atomic E-state index is -0.528. The molecule has 0 aliphatic heterocycles. The monoisotopic (exact) mass is 259 g/mol. The number of nitrogens with two attached hydrogens (primary N) is 1. The zero-order valence-electron chi connectivity index (χ0n) is 10.9. The molecule has 1 heterocycles. The zero-order chi connectivity index (χ0) is 13.3. The van der Waals surface area contributed by atoms with Crippen molar-refractivity contribution in [2.24, 2.45) is 0 Å². The van der Waals surface area contributed by atoms with Gasteiger partial charge in [0.05, 0.1) is 5.41 Å². The number of Topliss-reactive ketones (excluding diaryl/α,β-unsaturated/α-hetero) is 1. The van der Waals surface area contributed by atoms with E-state index < -0.39 is 5.41 Å². The Morgan fingerprint density at radius 3 is 2.28 bits per heavy atom. The number of anilines is 1. The largest absolute Gasteiger partial charge is 0.399 e. The van der Waals surface area contributed by atoms with Gasteiger partial charge in [-0.1, -0.05) is 12.1 Å². The molecular formula is C15H17NOS. The normalized spacial score (nSPS) is 11.5. The summed E-state index contributed by atoms with van der Waals surface area (Å²) in [4.78, 5) is 13.7. The average molecular weight is 259 g/mol. The second-order valence-electron chi connectivity index (χ2n) is 4.97. The van der Waals surface area contributed by atoms with E-state index in [1.807, 2.05) is 56.5 Å². The van der Waals surface area contributed by atoms with Crippen LogP contribution in [0.5, 0.6) is 0 Å². The van der Waals surface area contributed by atoms with Crippen LogP contribution in [-0.2, 0) is 5.41 Å². The van der Waals surface area contributed by atoms with Crippen molar-refractivity contribution in [3.8, 4) is 0 Å². The number of aryl methyl sites for hydroxylation is 1. The van der Waals surface area contributed by atoms with Crippen molar-refractivity contribution in [1.29, 1.82) is 0 Å². The fourth-order valence-corrected chi connectivity index (χ4v) is 2.68. The van der Waals surface area contributed by atoms with Gasteiger partial charge in [0.1, 0.15) is 0 Å². The summed E-state index contributed by atoms with van der Waals surface area (Å²) in [6.07, 6.45) is 0. The summed E-state index contributed by atoms with van der Waals surface area (Å²) in [5.41, 5.74) is 7.68. The number of hydrogen-bond donors (Lipinski definition) is 1. The highest BCUT2D eigenvalue weighted by atomic mass is 32.1. The first-order valence-electron chi connectivity index (χ1n) is 5.88. The van der Waals surface area contributed by atoms with Gasteiger partial charge in [0, 0.05) is 16.1 Å². The Hall–Kier alpha value is -1.61. The lowest BCUT2D eigenvalue weighted by molar-refractivity contribution is 0.0908. The van der Waals surface area contributed by atoms with E-state index >= 15 is 0 Å². The molecule has 2 aromatic rings. The number of thiophene rings is 1. The van der Waals surface area contributed by atoms with Crippen LogP contribution in [0.3, 0.4) is 0 Å². The molecule has 2 rings (SSSR count). The highest BCUT2D eigenvalue weighted by Crippen LogP contribution is 2.30. The Morgan fingerprint density at radius 1 is 1.17 bits per heavy atom. The fraction of sp³-hybridized carbons (Fsp3) is 0.267. The number of carbonyl (C=O) groups is 1. The van der Waals surface area contributed by atoms with Crippen LogP contribution < -0.4 is 5.73 Å². The molecule has 94 valence electrons. The summed E-state index contributed by atoms with van der Waals surface area (Å²) >= 11 is 1.61. The zero-order valence-corrected chi connectivity index (χ0v) is 11.7.